The van der Waals surface area contributed by atoms with Crippen molar-refractivity contribution in [2.75, 3.05) is 23.7 Å². The number of rotatable bonds is 3. The number of hydrogen-bond donors (Lipinski definition) is 4. The molecule has 0 bridgehead atoms. The van der Waals surface area contributed by atoms with Gasteiger partial charge in [0.1, 0.15) is 0 Å². The monoisotopic (exact) mass is 194 g/mol. The van der Waals surface area contributed by atoms with Crippen LogP contribution < -0.4 is 22.9 Å². The zero-order chi connectivity index (χ0) is 10.7. The van der Waals surface area contributed by atoms with Gasteiger partial charge in [-0.15, -0.1) is 0 Å². The summed E-state index contributed by atoms with van der Waals surface area (Å²) in [6, 6.07) is 3.45. The van der Waals surface area contributed by atoms with E-state index >= 15 is 0 Å². The fourth-order valence-electron chi connectivity index (χ4n) is 1.68. The highest BCUT2D eigenvalue weighted by atomic mass is 14.7. The number of hydrogen-bond acceptors (Lipinski definition) is 4. The van der Waals surface area contributed by atoms with Crippen molar-refractivity contribution in [1.82, 2.24) is 0 Å². The lowest BCUT2D eigenvalue weighted by molar-refractivity contribution is 0.678. The molecule has 0 saturated carbocycles. The first kappa shape index (κ1) is 10.7. The maximum Gasteiger partial charge on any atom is 0.0391 e. The first-order valence-electron chi connectivity index (χ1n) is 4.74. The predicted molar refractivity (Wildman–Crippen MR) is 61.8 cm³/mol. The molecule has 0 fully saturated rings. The molecule has 1 atom stereocenters. The molecule has 1 aromatic carbocycles. The van der Waals surface area contributed by atoms with E-state index in [1.165, 1.54) is 0 Å². The van der Waals surface area contributed by atoms with Gasteiger partial charge in [0.05, 0.1) is 0 Å². The Morgan fingerprint density at radius 3 is 2.00 bits per heavy atom. The standard InChI is InChI=1S/C10H18N4/c1-2-6(5-11)10-8(13)3-7(12)4-9(10)14/h3-4,6H,2,5,11-14H2,1H3. The van der Waals surface area contributed by atoms with Crippen molar-refractivity contribution in [3.8, 4) is 0 Å². The second kappa shape index (κ2) is 4.19. The summed E-state index contributed by atoms with van der Waals surface area (Å²) < 4.78 is 0. The quantitative estimate of drug-likeness (QED) is 0.536. The molecule has 8 N–H and O–H groups in total. The van der Waals surface area contributed by atoms with Gasteiger partial charge in [0.2, 0.25) is 0 Å². The van der Waals surface area contributed by atoms with E-state index in [0.29, 0.717) is 23.6 Å². The average molecular weight is 194 g/mol. The first-order chi connectivity index (χ1) is 6.60. The van der Waals surface area contributed by atoms with Crippen LogP contribution in [0.4, 0.5) is 17.1 Å². The molecular weight excluding hydrogens is 176 g/mol. The summed E-state index contributed by atoms with van der Waals surface area (Å²) in [7, 11) is 0. The summed E-state index contributed by atoms with van der Waals surface area (Å²) >= 11 is 0. The molecule has 4 heteroatoms. The third-order valence-electron chi connectivity index (χ3n) is 2.45. The van der Waals surface area contributed by atoms with Crippen LogP contribution in [0.5, 0.6) is 0 Å². The molecule has 0 aliphatic rings. The second-order valence-electron chi connectivity index (χ2n) is 3.45. The molecule has 1 aromatic rings. The van der Waals surface area contributed by atoms with E-state index in [0.717, 1.165) is 12.0 Å². The Morgan fingerprint density at radius 1 is 1.14 bits per heavy atom. The number of nitrogen functional groups attached to an aromatic ring is 3. The van der Waals surface area contributed by atoms with E-state index in [9.17, 15) is 0 Å². The summed E-state index contributed by atoms with van der Waals surface area (Å²) in [5.41, 5.74) is 25.8. The molecule has 78 valence electrons. The highest BCUT2D eigenvalue weighted by Gasteiger charge is 2.14. The summed E-state index contributed by atoms with van der Waals surface area (Å²) in [5.74, 6) is 0.218. The van der Waals surface area contributed by atoms with Gasteiger partial charge in [0, 0.05) is 22.6 Å². The molecule has 0 saturated heterocycles. The van der Waals surface area contributed by atoms with Gasteiger partial charge in [-0.2, -0.15) is 0 Å². The van der Waals surface area contributed by atoms with E-state index in [1.54, 1.807) is 12.1 Å². The Labute approximate surface area is 84.3 Å². The smallest absolute Gasteiger partial charge is 0.0391 e. The van der Waals surface area contributed by atoms with Crippen LogP contribution in [0, 0.1) is 0 Å². The number of anilines is 3. The van der Waals surface area contributed by atoms with Crippen LogP contribution in [-0.2, 0) is 0 Å². The molecule has 0 amide bonds. The third kappa shape index (κ3) is 1.90. The Morgan fingerprint density at radius 2 is 1.64 bits per heavy atom. The molecule has 0 aromatic heterocycles. The molecule has 0 aliphatic carbocycles. The fourth-order valence-corrected chi connectivity index (χ4v) is 1.68. The van der Waals surface area contributed by atoms with Crippen LogP contribution in [0.25, 0.3) is 0 Å². The highest BCUT2D eigenvalue weighted by Crippen LogP contribution is 2.31. The minimum absolute atomic E-state index is 0.218. The topological polar surface area (TPSA) is 104 Å². The van der Waals surface area contributed by atoms with Gasteiger partial charge in [0.25, 0.3) is 0 Å². The summed E-state index contributed by atoms with van der Waals surface area (Å²) in [6.45, 7) is 2.61. The maximum absolute atomic E-state index is 5.86. The highest BCUT2D eigenvalue weighted by molar-refractivity contribution is 5.70. The summed E-state index contributed by atoms with van der Waals surface area (Å²) in [4.78, 5) is 0. The van der Waals surface area contributed by atoms with Gasteiger partial charge in [0.15, 0.2) is 0 Å². The molecule has 14 heavy (non-hydrogen) atoms. The zero-order valence-corrected chi connectivity index (χ0v) is 8.46. The largest absolute Gasteiger partial charge is 0.399 e. The molecule has 1 unspecified atom stereocenters. The minimum Gasteiger partial charge on any atom is -0.399 e. The normalized spacial score (nSPS) is 12.7. The summed E-state index contributed by atoms with van der Waals surface area (Å²) in [5, 5.41) is 0. The third-order valence-corrected chi connectivity index (χ3v) is 2.45. The van der Waals surface area contributed by atoms with Crippen molar-refractivity contribution in [3.63, 3.8) is 0 Å². The van der Waals surface area contributed by atoms with Crippen LogP contribution >= 0.6 is 0 Å². The van der Waals surface area contributed by atoms with Gasteiger partial charge >= 0.3 is 0 Å². The van der Waals surface area contributed by atoms with Gasteiger partial charge < -0.3 is 22.9 Å². The lowest BCUT2D eigenvalue weighted by Crippen LogP contribution is -2.15. The van der Waals surface area contributed by atoms with Crippen molar-refractivity contribution >= 4 is 17.1 Å². The Bertz CT molecular complexity index is 295. The molecule has 0 heterocycles. The van der Waals surface area contributed by atoms with Gasteiger partial charge in [-0.25, -0.2) is 0 Å². The van der Waals surface area contributed by atoms with Crippen LogP contribution in [0.15, 0.2) is 12.1 Å². The molecular formula is C10H18N4. The Kier molecular flexibility index (Phi) is 3.19. The van der Waals surface area contributed by atoms with Gasteiger partial charge in [-0.1, -0.05) is 6.92 Å². The molecule has 0 spiro atoms. The van der Waals surface area contributed by atoms with Crippen molar-refractivity contribution in [2.24, 2.45) is 5.73 Å². The Hall–Kier alpha value is -1.42. The zero-order valence-electron chi connectivity index (χ0n) is 8.46. The minimum atomic E-state index is 0.218. The van der Waals surface area contributed by atoms with Crippen molar-refractivity contribution in [2.45, 2.75) is 19.3 Å². The van der Waals surface area contributed by atoms with E-state index in [2.05, 4.69) is 6.92 Å². The van der Waals surface area contributed by atoms with Crippen LogP contribution in [0.3, 0.4) is 0 Å². The molecule has 4 nitrogen and oxygen atoms in total. The number of nitrogens with two attached hydrogens (primary N) is 4. The van der Waals surface area contributed by atoms with Crippen molar-refractivity contribution in [1.29, 1.82) is 0 Å². The van der Waals surface area contributed by atoms with Crippen LogP contribution in [-0.4, -0.2) is 6.54 Å². The Balaban J connectivity index is 3.19. The van der Waals surface area contributed by atoms with E-state index < -0.39 is 0 Å². The molecule has 0 radical (unpaired) electrons. The fraction of sp³-hybridized carbons (Fsp3) is 0.400. The lowest BCUT2D eigenvalue weighted by atomic mass is 9.93. The average Bonchev–Trinajstić information content (AvgIpc) is 2.10. The maximum atomic E-state index is 5.86. The van der Waals surface area contributed by atoms with E-state index in [1.807, 2.05) is 0 Å². The SMILES string of the molecule is CCC(CN)c1c(N)cc(N)cc1N. The first-order valence-corrected chi connectivity index (χ1v) is 4.74. The van der Waals surface area contributed by atoms with E-state index in [-0.39, 0.29) is 5.92 Å². The van der Waals surface area contributed by atoms with Gasteiger partial charge in [-0.05, 0) is 31.0 Å². The van der Waals surface area contributed by atoms with Crippen molar-refractivity contribution < 1.29 is 0 Å². The van der Waals surface area contributed by atoms with Crippen LogP contribution in [0.1, 0.15) is 24.8 Å². The summed E-state index contributed by atoms with van der Waals surface area (Å²) in [6.07, 6.45) is 0.925. The van der Waals surface area contributed by atoms with E-state index in [4.69, 9.17) is 22.9 Å². The molecule has 0 aliphatic heterocycles. The van der Waals surface area contributed by atoms with Crippen LogP contribution in [0.2, 0.25) is 0 Å². The predicted octanol–water partition coefficient (Wildman–Crippen LogP) is 0.886. The number of benzene rings is 1. The molecule has 1 rings (SSSR count). The second-order valence-corrected chi connectivity index (χ2v) is 3.45. The van der Waals surface area contributed by atoms with Crippen molar-refractivity contribution in [3.05, 3.63) is 17.7 Å². The lowest BCUT2D eigenvalue weighted by Gasteiger charge is -2.18. The van der Waals surface area contributed by atoms with Gasteiger partial charge in [-0.3, -0.25) is 0 Å².